The van der Waals surface area contributed by atoms with Crippen LogP contribution in [-0.2, 0) is 13.5 Å². The molecule has 21 heavy (non-hydrogen) atoms. The third kappa shape index (κ3) is 2.74. The van der Waals surface area contributed by atoms with Gasteiger partial charge in [0.25, 0.3) is 5.91 Å². The summed E-state index contributed by atoms with van der Waals surface area (Å²) in [6.45, 7) is 0.706. The third-order valence-electron chi connectivity index (χ3n) is 3.72. The van der Waals surface area contributed by atoms with Crippen LogP contribution in [-0.4, -0.2) is 17.0 Å². The Bertz CT molecular complexity index is 682. The fraction of sp³-hybridized carbons (Fsp3) is 0.267. The van der Waals surface area contributed by atoms with Gasteiger partial charge in [-0.1, -0.05) is 17.7 Å². The summed E-state index contributed by atoms with van der Waals surface area (Å²) >= 11 is 5.96. The topological polar surface area (TPSA) is 51.3 Å². The van der Waals surface area contributed by atoms with Crippen molar-refractivity contribution in [1.82, 2.24) is 4.57 Å². The van der Waals surface area contributed by atoms with E-state index in [1.54, 1.807) is 21.7 Å². The fourth-order valence-electron chi connectivity index (χ4n) is 2.74. The van der Waals surface area contributed by atoms with Crippen LogP contribution in [0.5, 0.6) is 0 Å². The average molecular weight is 326 g/mol. The molecule has 2 N–H and O–H groups in total. The number of nitrogens with zero attached hydrogens (tertiary/aromatic N) is 2. The summed E-state index contributed by atoms with van der Waals surface area (Å²) in [5.74, 6) is -0.0362. The highest BCUT2D eigenvalue weighted by Crippen LogP contribution is 2.32. The number of fused-ring (bicyclic) bond motifs is 1. The number of aryl methyl sites for hydroxylation is 1. The van der Waals surface area contributed by atoms with Crippen LogP contribution in [0, 0.1) is 0 Å². The Morgan fingerprint density at radius 1 is 1.38 bits per heavy atom. The molecule has 3 rings (SSSR count). The molecule has 2 aromatic rings. The molecule has 0 atom stereocenters. The van der Waals surface area contributed by atoms with E-state index in [9.17, 15) is 4.79 Å². The van der Waals surface area contributed by atoms with Crippen LogP contribution in [0.15, 0.2) is 30.5 Å². The predicted molar refractivity (Wildman–Crippen MR) is 88.5 cm³/mol. The Balaban J connectivity index is 0.00000161. The molecule has 0 spiro atoms. The quantitative estimate of drug-likeness (QED) is 0.818. The number of nitrogens with two attached hydrogens (primary N) is 1. The van der Waals surface area contributed by atoms with E-state index >= 15 is 0 Å². The highest BCUT2D eigenvalue weighted by molar-refractivity contribution is 6.31. The Kier molecular flexibility index (Phi) is 4.49. The Hall–Kier alpha value is -1.65. The van der Waals surface area contributed by atoms with Crippen molar-refractivity contribution in [3.05, 3.63) is 46.7 Å². The maximum atomic E-state index is 12.7. The van der Waals surface area contributed by atoms with Crippen molar-refractivity contribution in [1.29, 1.82) is 0 Å². The number of carbonyl (C=O) groups is 1. The summed E-state index contributed by atoms with van der Waals surface area (Å²) < 4.78 is 1.76. The van der Waals surface area contributed by atoms with E-state index in [-0.39, 0.29) is 18.3 Å². The Morgan fingerprint density at radius 3 is 2.81 bits per heavy atom. The molecule has 1 aromatic carbocycles. The first-order valence-corrected chi connectivity index (χ1v) is 6.97. The second kappa shape index (κ2) is 6.00. The molecule has 4 nitrogen and oxygen atoms in total. The first-order chi connectivity index (χ1) is 9.58. The SMILES string of the molecule is Cl.Cn1cc(Cl)cc1C(=O)N1CCCc2c(N)cccc21. The summed E-state index contributed by atoms with van der Waals surface area (Å²) in [4.78, 5) is 14.5. The van der Waals surface area contributed by atoms with Crippen LogP contribution in [0.1, 0.15) is 22.5 Å². The van der Waals surface area contributed by atoms with Crippen molar-refractivity contribution in [3.8, 4) is 0 Å². The van der Waals surface area contributed by atoms with Gasteiger partial charge in [0.05, 0.1) is 5.02 Å². The van der Waals surface area contributed by atoms with Crippen molar-refractivity contribution in [2.75, 3.05) is 17.2 Å². The summed E-state index contributed by atoms with van der Waals surface area (Å²) in [7, 11) is 1.82. The van der Waals surface area contributed by atoms with Crippen LogP contribution in [0.2, 0.25) is 5.02 Å². The van der Waals surface area contributed by atoms with Gasteiger partial charge in [0.2, 0.25) is 0 Å². The van der Waals surface area contributed by atoms with Gasteiger partial charge in [-0.2, -0.15) is 0 Å². The van der Waals surface area contributed by atoms with E-state index in [1.807, 2.05) is 25.2 Å². The number of rotatable bonds is 1. The van der Waals surface area contributed by atoms with Crippen molar-refractivity contribution in [2.24, 2.45) is 7.05 Å². The number of hydrogen-bond donors (Lipinski definition) is 1. The lowest BCUT2D eigenvalue weighted by atomic mass is 9.99. The highest BCUT2D eigenvalue weighted by Gasteiger charge is 2.26. The molecule has 1 aliphatic rings. The number of benzene rings is 1. The number of carbonyl (C=O) groups excluding carboxylic acids is 1. The molecule has 0 aliphatic carbocycles. The smallest absolute Gasteiger partial charge is 0.274 e. The molecular weight excluding hydrogens is 309 g/mol. The molecule has 2 heterocycles. The zero-order valence-corrected chi connectivity index (χ0v) is 13.2. The maximum absolute atomic E-state index is 12.7. The number of hydrogen-bond acceptors (Lipinski definition) is 2. The van der Waals surface area contributed by atoms with E-state index in [0.29, 0.717) is 17.3 Å². The van der Waals surface area contributed by atoms with Crippen molar-refractivity contribution < 1.29 is 4.79 Å². The third-order valence-corrected chi connectivity index (χ3v) is 3.93. The largest absolute Gasteiger partial charge is 0.398 e. The van der Waals surface area contributed by atoms with Crippen LogP contribution >= 0.6 is 24.0 Å². The molecule has 112 valence electrons. The number of anilines is 2. The molecule has 1 aliphatic heterocycles. The molecule has 0 radical (unpaired) electrons. The lowest BCUT2D eigenvalue weighted by molar-refractivity contribution is 0.0977. The van der Waals surface area contributed by atoms with E-state index < -0.39 is 0 Å². The number of amides is 1. The standard InChI is InChI=1S/C15H16ClN3O.ClH/c1-18-9-10(16)8-14(18)15(20)19-7-3-4-11-12(17)5-2-6-13(11)19;/h2,5-6,8-9H,3-4,7,17H2,1H3;1H. The molecule has 0 saturated carbocycles. The van der Waals surface area contributed by atoms with Gasteiger partial charge in [-0.15, -0.1) is 12.4 Å². The number of aromatic nitrogens is 1. The van der Waals surface area contributed by atoms with Gasteiger partial charge < -0.3 is 15.2 Å². The monoisotopic (exact) mass is 325 g/mol. The number of halogens is 2. The minimum Gasteiger partial charge on any atom is -0.398 e. The average Bonchev–Trinajstić information content (AvgIpc) is 2.77. The van der Waals surface area contributed by atoms with E-state index in [4.69, 9.17) is 17.3 Å². The van der Waals surface area contributed by atoms with Crippen molar-refractivity contribution in [2.45, 2.75) is 12.8 Å². The Morgan fingerprint density at radius 2 is 2.14 bits per heavy atom. The summed E-state index contributed by atoms with van der Waals surface area (Å²) in [5.41, 5.74) is 9.33. The second-order valence-electron chi connectivity index (χ2n) is 5.06. The van der Waals surface area contributed by atoms with Crippen molar-refractivity contribution in [3.63, 3.8) is 0 Å². The molecule has 1 amide bonds. The van der Waals surface area contributed by atoms with E-state index in [1.165, 1.54) is 0 Å². The van der Waals surface area contributed by atoms with Crippen LogP contribution < -0.4 is 10.6 Å². The van der Waals surface area contributed by atoms with Gasteiger partial charge in [-0.25, -0.2) is 0 Å². The molecular formula is C15H17Cl2N3O. The molecule has 0 bridgehead atoms. The first kappa shape index (κ1) is 15.7. The molecule has 0 fully saturated rings. The van der Waals surface area contributed by atoms with Gasteiger partial charge in [0.1, 0.15) is 5.69 Å². The summed E-state index contributed by atoms with van der Waals surface area (Å²) in [6, 6.07) is 7.42. The lowest BCUT2D eigenvalue weighted by Crippen LogP contribution is -2.36. The maximum Gasteiger partial charge on any atom is 0.274 e. The van der Waals surface area contributed by atoms with Gasteiger partial charge in [0.15, 0.2) is 0 Å². The summed E-state index contributed by atoms with van der Waals surface area (Å²) in [5, 5.41) is 0.570. The zero-order valence-electron chi connectivity index (χ0n) is 11.7. The minimum absolute atomic E-state index is 0. The van der Waals surface area contributed by atoms with Crippen LogP contribution in [0.4, 0.5) is 11.4 Å². The Labute approximate surface area is 134 Å². The highest BCUT2D eigenvalue weighted by atomic mass is 35.5. The van der Waals surface area contributed by atoms with Gasteiger partial charge in [-0.3, -0.25) is 4.79 Å². The fourth-order valence-corrected chi connectivity index (χ4v) is 2.99. The zero-order chi connectivity index (χ0) is 14.3. The summed E-state index contributed by atoms with van der Waals surface area (Å²) in [6.07, 6.45) is 3.57. The normalized spacial score (nSPS) is 13.5. The predicted octanol–water partition coefficient (Wildman–Crippen LogP) is 3.28. The van der Waals surface area contributed by atoms with Crippen LogP contribution in [0.25, 0.3) is 0 Å². The number of nitrogen functional groups attached to an aromatic ring is 1. The van der Waals surface area contributed by atoms with Crippen molar-refractivity contribution >= 4 is 41.3 Å². The van der Waals surface area contributed by atoms with Crippen LogP contribution in [0.3, 0.4) is 0 Å². The van der Waals surface area contributed by atoms with E-state index in [0.717, 1.165) is 29.8 Å². The van der Waals surface area contributed by atoms with Gasteiger partial charge in [-0.05, 0) is 36.6 Å². The molecule has 1 aromatic heterocycles. The minimum atomic E-state index is -0.0362. The second-order valence-corrected chi connectivity index (χ2v) is 5.50. The van der Waals surface area contributed by atoms with E-state index in [2.05, 4.69) is 0 Å². The first-order valence-electron chi connectivity index (χ1n) is 6.59. The lowest BCUT2D eigenvalue weighted by Gasteiger charge is -2.30. The van der Waals surface area contributed by atoms with Gasteiger partial charge in [0, 0.05) is 31.2 Å². The molecule has 0 unspecified atom stereocenters. The van der Waals surface area contributed by atoms with Gasteiger partial charge >= 0.3 is 0 Å². The molecule has 6 heteroatoms. The molecule has 0 saturated heterocycles.